The Bertz CT molecular complexity index is 486. The molecule has 0 aliphatic heterocycles. The van der Waals surface area contributed by atoms with E-state index in [1.807, 2.05) is 0 Å². The molecule has 5 heteroatoms. The van der Waals surface area contributed by atoms with Crippen molar-refractivity contribution in [3.8, 4) is 0 Å². The predicted octanol–water partition coefficient (Wildman–Crippen LogP) is 2.71. The lowest BCUT2D eigenvalue weighted by Crippen LogP contribution is -2.45. The molecule has 1 fully saturated rings. The fourth-order valence-electron chi connectivity index (χ4n) is 2.90. The van der Waals surface area contributed by atoms with Crippen LogP contribution in [0.1, 0.15) is 48.7 Å². The summed E-state index contributed by atoms with van der Waals surface area (Å²) in [4.78, 5) is 16.1. The van der Waals surface area contributed by atoms with E-state index in [1.165, 1.54) is 6.07 Å². The van der Waals surface area contributed by atoms with Crippen molar-refractivity contribution < 1.29 is 9.90 Å². The maximum atomic E-state index is 12.1. The summed E-state index contributed by atoms with van der Waals surface area (Å²) in [5.41, 5.74) is 0.404. The third-order valence-electron chi connectivity index (χ3n) is 3.83. The third-order valence-corrected chi connectivity index (χ3v) is 4.02. The van der Waals surface area contributed by atoms with Gasteiger partial charge in [0.05, 0.1) is 5.60 Å². The number of nitrogens with one attached hydrogen (secondary N) is 1. The summed E-state index contributed by atoms with van der Waals surface area (Å²) >= 11 is 5.85. The number of hydrogen-bond donors (Lipinski definition) is 2. The SMILES string of the molecule is Cc1cc(C(=O)NCC2(O)CCCC(C)C2)cc(Cl)n1. The lowest BCUT2D eigenvalue weighted by molar-refractivity contribution is -0.0109. The Morgan fingerprint density at radius 3 is 3.00 bits per heavy atom. The minimum atomic E-state index is -0.779. The largest absolute Gasteiger partial charge is 0.388 e. The number of pyridine rings is 1. The summed E-state index contributed by atoms with van der Waals surface area (Å²) in [6.45, 7) is 4.21. The first-order valence-corrected chi connectivity index (χ1v) is 7.40. The monoisotopic (exact) mass is 296 g/mol. The second-order valence-electron chi connectivity index (χ2n) is 5.93. The number of carbonyl (C=O) groups is 1. The fourth-order valence-corrected chi connectivity index (χ4v) is 3.15. The molecule has 0 radical (unpaired) electrons. The van der Waals surface area contributed by atoms with Crippen LogP contribution in [0.3, 0.4) is 0 Å². The van der Waals surface area contributed by atoms with Gasteiger partial charge in [-0.25, -0.2) is 4.98 Å². The molecule has 1 aromatic heterocycles. The van der Waals surface area contributed by atoms with Gasteiger partial charge in [-0.1, -0.05) is 31.4 Å². The molecular weight excluding hydrogens is 276 g/mol. The highest BCUT2D eigenvalue weighted by atomic mass is 35.5. The van der Waals surface area contributed by atoms with Crippen LogP contribution in [0.15, 0.2) is 12.1 Å². The minimum Gasteiger partial charge on any atom is -0.388 e. The first-order valence-electron chi connectivity index (χ1n) is 7.03. The van der Waals surface area contributed by atoms with Crippen LogP contribution in [0.5, 0.6) is 0 Å². The molecule has 1 heterocycles. The molecule has 110 valence electrons. The summed E-state index contributed by atoms with van der Waals surface area (Å²) in [7, 11) is 0. The molecule has 1 amide bonds. The maximum Gasteiger partial charge on any atom is 0.251 e. The maximum absolute atomic E-state index is 12.1. The van der Waals surface area contributed by atoms with Gasteiger partial charge in [0, 0.05) is 17.8 Å². The Kier molecular flexibility index (Phi) is 4.66. The topological polar surface area (TPSA) is 62.2 Å². The Balaban J connectivity index is 1.98. The second-order valence-corrected chi connectivity index (χ2v) is 6.32. The fraction of sp³-hybridized carbons (Fsp3) is 0.600. The molecule has 1 saturated carbocycles. The van der Waals surface area contributed by atoms with Crippen LogP contribution in [-0.4, -0.2) is 28.1 Å². The number of amides is 1. The van der Waals surface area contributed by atoms with Crippen molar-refractivity contribution >= 4 is 17.5 Å². The van der Waals surface area contributed by atoms with Crippen LogP contribution in [0, 0.1) is 12.8 Å². The van der Waals surface area contributed by atoms with Gasteiger partial charge < -0.3 is 10.4 Å². The molecule has 0 spiro atoms. The van der Waals surface area contributed by atoms with E-state index in [9.17, 15) is 9.90 Å². The van der Waals surface area contributed by atoms with Gasteiger partial charge in [-0.15, -0.1) is 0 Å². The summed E-state index contributed by atoms with van der Waals surface area (Å²) in [6.07, 6.45) is 3.64. The summed E-state index contributed by atoms with van der Waals surface area (Å²) in [5.74, 6) is 0.285. The van der Waals surface area contributed by atoms with Crippen LogP contribution in [-0.2, 0) is 0 Å². The molecule has 0 saturated heterocycles. The van der Waals surface area contributed by atoms with Crippen molar-refractivity contribution in [2.75, 3.05) is 6.54 Å². The zero-order valence-corrected chi connectivity index (χ0v) is 12.7. The van der Waals surface area contributed by atoms with E-state index in [1.54, 1.807) is 13.0 Å². The van der Waals surface area contributed by atoms with Crippen molar-refractivity contribution in [1.82, 2.24) is 10.3 Å². The van der Waals surface area contributed by atoms with Crippen molar-refractivity contribution in [2.45, 2.75) is 45.1 Å². The zero-order chi connectivity index (χ0) is 14.8. The zero-order valence-electron chi connectivity index (χ0n) is 11.9. The smallest absolute Gasteiger partial charge is 0.251 e. The van der Waals surface area contributed by atoms with Gasteiger partial charge in [0.1, 0.15) is 5.15 Å². The molecule has 2 rings (SSSR count). The van der Waals surface area contributed by atoms with E-state index in [0.717, 1.165) is 25.7 Å². The number of carbonyl (C=O) groups excluding carboxylic acids is 1. The Labute approximate surface area is 124 Å². The van der Waals surface area contributed by atoms with Crippen LogP contribution in [0.25, 0.3) is 0 Å². The van der Waals surface area contributed by atoms with E-state index in [4.69, 9.17) is 11.6 Å². The highest BCUT2D eigenvalue weighted by Gasteiger charge is 2.32. The van der Waals surface area contributed by atoms with Gasteiger partial charge in [-0.3, -0.25) is 4.79 Å². The van der Waals surface area contributed by atoms with Crippen molar-refractivity contribution in [2.24, 2.45) is 5.92 Å². The summed E-state index contributed by atoms with van der Waals surface area (Å²) in [5, 5.41) is 13.6. The standard InChI is InChI=1S/C15H21ClN2O2/c1-10-4-3-5-15(20,8-10)9-17-14(19)12-6-11(2)18-13(16)7-12/h6-7,10,20H,3-5,8-9H2,1-2H3,(H,17,19). The predicted molar refractivity (Wildman–Crippen MR) is 78.9 cm³/mol. The van der Waals surface area contributed by atoms with Crippen LogP contribution in [0.4, 0.5) is 0 Å². The quantitative estimate of drug-likeness (QED) is 0.843. The molecule has 2 atom stereocenters. The molecule has 2 unspecified atom stereocenters. The van der Waals surface area contributed by atoms with E-state index >= 15 is 0 Å². The van der Waals surface area contributed by atoms with Gasteiger partial charge in [0.15, 0.2) is 0 Å². The average Bonchev–Trinajstić information content (AvgIpc) is 2.34. The molecule has 4 nitrogen and oxygen atoms in total. The Hall–Kier alpha value is -1.13. The van der Waals surface area contributed by atoms with Crippen LogP contribution in [0.2, 0.25) is 5.15 Å². The third kappa shape index (κ3) is 3.93. The van der Waals surface area contributed by atoms with Crippen LogP contribution >= 0.6 is 11.6 Å². The van der Waals surface area contributed by atoms with Crippen molar-refractivity contribution in [3.63, 3.8) is 0 Å². The lowest BCUT2D eigenvalue weighted by Gasteiger charge is -2.35. The highest BCUT2D eigenvalue weighted by Crippen LogP contribution is 2.31. The molecule has 1 aromatic rings. The van der Waals surface area contributed by atoms with E-state index in [0.29, 0.717) is 22.3 Å². The highest BCUT2D eigenvalue weighted by molar-refractivity contribution is 6.29. The number of nitrogens with zero attached hydrogens (tertiary/aromatic N) is 1. The molecule has 20 heavy (non-hydrogen) atoms. The molecule has 1 aliphatic carbocycles. The average molecular weight is 297 g/mol. The van der Waals surface area contributed by atoms with Gasteiger partial charge >= 0.3 is 0 Å². The number of hydrogen-bond acceptors (Lipinski definition) is 3. The summed E-state index contributed by atoms with van der Waals surface area (Å²) < 4.78 is 0. The first kappa shape index (κ1) is 15.3. The molecule has 0 bridgehead atoms. The minimum absolute atomic E-state index is 0.218. The van der Waals surface area contributed by atoms with Gasteiger partial charge in [0.2, 0.25) is 0 Å². The van der Waals surface area contributed by atoms with Crippen molar-refractivity contribution in [3.05, 3.63) is 28.5 Å². The molecule has 0 aromatic carbocycles. The number of aliphatic hydroxyl groups is 1. The molecule has 1 aliphatic rings. The van der Waals surface area contributed by atoms with E-state index < -0.39 is 5.60 Å². The normalized spacial score (nSPS) is 26.3. The lowest BCUT2D eigenvalue weighted by atomic mass is 9.79. The Morgan fingerprint density at radius 1 is 1.60 bits per heavy atom. The van der Waals surface area contributed by atoms with Crippen LogP contribution < -0.4 is 5.32 Å². The number of rotatable bonds is 3. The molecule has 2 N–H and O–H groups in total. The van der Waals surface area contributed by atoms with E-state index in [2.05, 4.69) is 17.2 Å². The number of halogens is 1. The van der Waals surface area contributed by atoms with E-state index in [-0.39, 0.29) is 12.5 Å². The first-order chi connectivity index (χ1) is 9.38. The van der Waals surface area contributed by atoms with Gasteiger partial charge in [0.25, 0.3) is 5.91 Å². The second kappa shape index (κ2) is 6.10. The van der Waals surface area contributed by atoms with Crippen molar-refractivity contribution in [1.29, 1.82) is 0 Å². The van der Waals surface area contributed by atoms with Gasteiger partial charge in [-0.05, 0) is 37.8 Å². The summed E-state index contributed by atoms with van der Waals surface area (Å²) in [6, 6.07) is 3.23. The number of aromatic nitrogens is 1. The molecular formula is C15H21ClN2O2. The van der Waals surface area contributed by atoms with Gasteiger partial charge in [-0.2, -0.15) is 0 Å². The number of aryl methyl sites for hydroxylation is 1. The Morgan fingerprint density at radius 2 is 2.35 bits per heavy atom.